The normalized spacial score (nSPS) is 13.0. The second kappa shape index (κ2) is 12.9. The number of carbonyl (C=O) groups is 2. The molecule has 41 heavy (non-hydrogen) atoms. The maximum Gasteiger partial charge on any atom is 0.573 e. The van der Waals surface area contributed by atoms with Gasteiger partial charge >= 0.3 is 12.4 Å². The molecule has 3 aromatic rings. The summed E-state index contributed by atoms with van der Waals surface area (Å²) in [5, 5.41) is 15.3. The number of amides is 3. The summed E-state index contributed by atoms with van der Waals surface area (Å²) in [6, 6.07) is 18.3. The van der Waals surface area contributed by atoms with Crippen molar-refractivity contribution in [1.82, 2.24) is 5.32 Å². The molecule has 212 valence electrons. The number of nitrogens with zero attached hydrogens (tertiary/aromatic N) is 2. The number of allylic oxidation sites excluding steroid dienone is 2. The number of rotatable bonds is 7. The molecule has 1 aliphatic carbocycles. The number of nitrogens with one attached hydrogen (secondary N) is 3. The van der Waals surface area contributed by atoms with Crippen LogP contribution in [-0.4, -0.2) is 24.3 Å². The topological polar surface area (TPSA) is 132 Å². The number of anilines is 2. The van der Waals surface area contributed by atoms with Crippen LogP contribution < -0.4 is 25.8 Å². The van der Waals surface area contributed by atoms with Gasteiger partial charge in [-0.25, -0.2) is 4.79 Å². The van der Waals surface area contributed by atoms with E-state index in [2.05, 4.69) is 26.6 Å². The van der Waals surface area contributed by atoms with Gasteiger partial charge in [0.1, 0.15) is 5.75 Å². The van der Waals surface area contributed by atoms with Crippen LogP contribution in [-0.2, 0) is 6.54 Å². The number of ether oxygens (including phenoxy) is 1. The second-order valence-corrected chi connectivity index (χ2v) is 9.24. The predicted octanol–water partition coefficient (Wildman–Crippen LogP) is 5.66. The quantitative estimate of drug-likeness (QED) is 0.167. The summed E-state index contributed by atoms with van der Waals surface area (Å²) < 4.78 is 42.0. The highest BCUT2D eigenvalue weighted by molar-refractivity contribution is 6.05. The zero-order valence-electron chi connectivity index (χ0n) is 21.9. The molecule has 0 saturated heterocycles. The van der Waals surface area contributed by atoms with Crippen LogP contribution >= 0.6 is 0 Å². The van der Waals surface area contributed by atoms with Crippen LogP contribution in [0.2, 0.25) is 0 Å². The summed E-state index contributed by atoms with van der Waals surface area (Å²) in [5.74, 6) is -1.52. The van der Waals surface area contributed by atoms with Gasteiger partial charge < -0.3 is 10.1 Å². The number of benzene rings is 3. The van der Waals surface area contributed by atoms with E-state index >= 15 is 0 Å². The largest absolute Gasteiger partial charge is 0.573 e. The monoisotopic (exact) mass is 565 g/mol. The number of urea groups is 1. The molecule has 0 unspecified atom stereocenters. The van der Waals surface area contributed by atoms with Gasteiger partial charge in [-0.15, -0.1) is 18.7 Å². The van der Waals surface area contributed by atoms with Crippen molar-refractivity contribution in [2.75, 3.05) is 10.2 Å². The third-order valence-corrected chi connectivity index (χ3v) is 6.32. The van der Waals surface area contributed by atoms with Crippen LogP contribution in [0.15, 0.2) is 84.0 Å². The Kier molecular flexibility index (Phi) is 9.12. The molecule has 1 aliphatic rings. The first-order chi connectivity index (χ1) is 19.6. The van der Waals surface area contributed by atoms with Crippen LogP contribution in [0.1, 0.15) is 47.2 Å². The van der Waals surface area contributed by atoms with E-state index in [1.54, 1.807) is 12.1 Å². The molecule has 12 heteroatoms. The molecule has 9 nitrogen and oxygen atoms in total. The molecule has 0 aromatic heterocycles. The smallest absolute Gasteiger partial charge is 0.406 e. The van der Waals surface area contributed by atoms with E-state index in [0.717, 1.165) is 43.4 Å². The van der Waals surface area contributed by atoms with E-state index in [9.17, 15) is 22.8 Å². The van der Waals surface area contributed by atoms with Gasteiger partial charge in [-0.05, 0) is 78.8 Å². The molecular formula is C29H28F3N6O3+. The number of nitrogens with two attached hydrogens (primary N) is 1. The van der Waals surface area contributed by atoms with Crippen molar-refractivity contribution in [3.05, 3.63) is 95.6 Å². The predicted molar refractivity (Wildman–Crippen MR) is 147 cm³/mol. The highest BCUT2D eigenvalue weighted by Crippen LogP contribution is 2.30. The van der Waals surface area contributed by atoms with Crippen LogP contribution in [0.5, 0.6) is 5.75 Å². The van der Waals surface area contributed by atoms with Crippen molar-refractivity contribution in [2.24, 2.45) is 5.11 Å². The van der Waals surface area contributed by atoms with Crippen molar-refractivity contribution >= 4 is 34.8 Å². The van der Waals surface area contributed by atoms with E-state index in [4.69, 9.17) is 10.9 Å². The molecule has 0 saturated carbocycles. The third-order valence-electron chi connectivity index (χ3n) is 6.32. The zero-order chi connectivity index (χ0) is 29.4. The summed E-state index contributed by atoms with van der Waals surface area (Å²) in [6.45, 7) is 0.0858. The Morgan fingerprint density at radius 2 is 1.76 bits per heavy atom. The molecule has 5 N–H and O–H groups in total. The van der Waals surface area contributed by atoms with E-state index in [1.165, 1.54) is 34.7 Å². The maximum absolute atomic E-state index is 13.5. The second-order valence-electron chi connectivity index (χ2n) is 9.24. The molecule has 3 aromatic carbocycles. The molecule has 0 bridgehead atoms. The zero-order valence-corrected chi connectivity index (χ0v) is 21.9. The highest BCUT2D eigenvalue weighted by atomic mass is 19.4. The minimum Gasteiger partial charge on any atom is -0.406 e. The lowest BCUT2D eigenvalue weighted by atomic mass is 9.93. The van der Waals surface area contributed by atoms with Crippen molar-refractivity contribution in [3.63, 3.8) is 0 Å². The van der Waals surface area contributed by atoms with Crippen LogP contribution in [0.4, 0.5) is 29.3 Å². The molecule has 4 rings (SSSR count). The van der Waals surface area contributed by atoms with Gasteiger partial charge in [-0.2, -0.15) is 0 Å². The van der Waals surface area contributed by atoms with Crippen molar-refractivity contribution in [1.29, 1.82) is 5.41 Å². The van der Waals surface area contributed by atoms with Gasteiger partial charge in [-0.1, -0.05) is 36.4 Å². The summed E-state index contributed by atoms with van der Waals surface area (Å²) in [6.07, 6.45) is 1.65. The number of alkyl halides is 3. The fourth-order valence-corrected chi connectivity index (χ4v) is 4.35. The standard InChI is InChI=1S/C29H27F3N6O3/c30-29(31,32)41-25-8-4-7-23(17-25)35-28(40)38(24-15-13-21(14-16-24)20-5-2-1-3-6-20)18-19-9-11-22(12-10-19)26(39)36-27(33)37-34/h4-5,7-17,34H,1-3,6,18H2,(H,35,40)(H2,33,36,39)/p+1. The van der Waals surface area contributed by atoms with Crippen molar-refractivity contribution in [3.8, 4) is 5.75 Å². The molecule has 0 heterocycles. The van der Waals surface area contributed by atoms with Gasteiger partial charge in [0.15, 0.2) is 0 Å². The number of hydrogen-bond donors (Lipinski definition) is 4. The van der Waals surface area contributed by atoms with Crippen LogP contribution in [0.25, 0.3) is 5.57 Å². The van der Waals surface area contributed by atoms with E-state index in [0.29, 0.717) is 11.3 Å². The minimum absolute atomic E-state index is 0.0858. The third kappa shape index (κ3) is 8.24. The lowest BCUT2D eigenvalue weighted by Gasteiger charge is -2.24. The number of hydrogen-bond acceptors (Lipinski definition) is 4. The highest BCUT2D eigenvalue weighted by Gasteiger charge is 2.31. The first-order valence-electron chi connectivity index (χ1n) is 12.7. The van der Waals surface area contributed by atoms with Gasteiger partial charge in [0.05, 0.1) is 6.54 Å². The Balaban J connectivity index is 1.57. The van der Waals surface area contributed by atoms with Crippen LogP contribution in [0, 0.1) is 5.41 Å². The van der Waals surface area contributed by atoms with Crippen molar-refractivity contribution in [2.45, 2.75) is 38.6 Å². The SMILES string of the molecule is N=C(N=[NH2+])NC(=O)c1ccc(CN(C(=O)Nc2cccc(OC(F)(F)F)c2)c2ccc(C3=CCCCC3)cc2)cc1. The summed E-state index contributed by atoms with van der Waals surface area (Å²) in [7, 11) is 0. The van der Waals surface area contributed by atoms with Crippen LogP contribution in [0.3, 0.4) is 0 Å². The summed E-state index contributed by atoms with van der Waals surface area (Å²) in [5.41, 5.74) is 8.91. The Hall–Kier alpha value is -5.00. The van der Waals surface area contributed by atoms with Gasteiger partial charge in [0.2, 0.25) is 0 Å². The Bertz CT molecular complexity index is 1450. The average Bonchev–Trinajstić information content (AvgIpc) is 2.96. The number of carbonyl (C=O) groups excluding carboxylic acids is 2. The van der Waals surface area contributed by atoms with E-state index in [1.807, 2.05) is 24.3 Å². The fraction of sp³-hybridized carbons (Fsp3) is 0.207. The van der Waals surface area contributed by atoms with Gasteiger partial charge in [-0.3, -0.25) is 20.4 Å². The van der Waals surface area contributed by atoms with Crippen molar-refractivity contribution < 1.29 is 33.0 Å². The maximum atomic E-state index is 13.5. The molecule has 0 radical (unpaired) electrons. The minimum atomic E-state index is -4.87. The van der Waals surface area contributed by atoms with Gasteiger partial charge in [0.25, 0.3) is 11.9 Å². The lowest BCUT2D eigenvalue weighted by Crippen LogP contribution is -2.36. The van der Waals surface area contributed by atoms with E-state index < -0.39 is 30.0 Å². The average molecular weight is 566 g/mol. The molecule has 0 atom stereocenters. The number of guanidine groups is 1. The molecular weight excluding hydrogens is 537 g/mol. The first-order valence-corrected chi connectivity index (χ1v) is 12.7. The summed E-state index contributed by atoms with van der Waals surface area (Å²) in [4.78, 5) is 27.1. The Morgan fingerprint density at radius 3 is 2.39 bits per heavy atom. The molecule has 0 fully saturated rings. The Labute approximate surface area is 234 Å². The van der Waals surface area contributed by atoms with Gasteiger partial charge in [0, 0.05) is 28.1 Å². The molecule has 3 amide bonds. The lowest BCUT2D eigenvalue weighted by molar-refractivity contribution is -0.274. The molecule has 0 spiro atoms. The fourth-order valence-electron chi connectivity index (χ4n) is 4.35. The van der Waals surface area contributed by atoms with E-state index in [-0.39, 0.29) is 17.8 Å². The Morgan fingerprint density at radius 1 is 1.02 bits per heavy atom. The summed E-state index contributed by atoms with van der Waals surface area (Å²) >= 11 is 0. The molecule has 0 aliphatic heterocycles. The number of halogens is 3. The first kappa shape index (κ1) is 29.0.